The molecule has 0 aliphatic heterocycles. The number of nitrogens with two attached hydrogens (primary N) is 1. The fraction of sp³-hybridized carbons (Fsp3) is 0.400. The highest BCUT2D eigenvalue weighted by molar-refractivity contribution is 5.98. The van der Waals surface area contributed by atoms with Gasteiger partial charge in [0.1, 0.15) is 5.75 Å². The number of amides is 3. The number of benzene rings is 1. The number of carbonyl (C=O) groups is 3. The van der Waals surface area contributed by atoms with Crippen LogP contribution in [0.3, 0.4) is 0 Å². The van der Waals surface area contributed by atoms with Crippen molar-refractivity contribution >= 4 is 17.9 Å². The molecule has 0 bridgehead atoms. The standard InChI is InChI=1S/C15H20N2O5/c1-8(2)12(13(18)17-15(16)20)22-14(19)10-6-5-9(3)11(7-10)21-4/h5-8,12H,1-4H3,(H3,16,17,18,20)/t12-/m0/s1. The van der Waals surface area contributed by atoms with E-state index >= 15 is 0 Å². The molecule has 0 spiro atoms. The van der Waals surface area contributed by atoms with Crippen LogP contribution in [-0.2, 0) is 9.53 Å². The van der Waals surface area contributed by atoms with Crippen molar-refractivity contribution in [2.24, 2.45) is 11.7 Å². The first kappa shape index (κ1) is 17.5. The maximum Gasteiger partial charge on any atom is 0.339 e. The van der Waals surface area contributed by atoms with Gasteiger partial charge in [-0.1, -0.05) is 19.9 Å². The van der Waals surface area contributed by atoms with Gasteiger partial charge in [0.05, 0.1) is 12.7 Å². The lowest BCUT2D eigenvalue weighted by Gasteiger charge is -2.20. The number of imide groups is 1. The number of rotatable bonds is 5. The highest BCUT2D eigenvalue weighted by Crippen LogP contribution is 2.20. The zero-order valence-corrected chi connectivity index (χ0v) is 13.0. The van der Waals surface area contributed by atoms with Gasteiger partial charge in [0, 0.05) is 0 Å². The summed E-state index contributed by atoms with van der Waals surface area (Å²) in [7, 11) is 1.49. The SMILES string of the molecule is COc1cc(C(=O)O[C@H](C(=O)NC(N)=O)C(C)C)ccc1C. The Kier molecular flexibility index (Phi) is 5.91. The van der Waals surface area contributed by atoms with Gasteiger partial charge in [-0.3, -0.25) is 10.1 Å². The number of esters is 1. The quantitative estimate of drug-likeness (QED) is 0.799. The molecule has 120 valence electrons. The summed E-state index contributed by atoms with van der Waals surface area (Å²) in [6.07, 6.45) is -1.12. The second-order valence-electron chi connectivity index (χ2n) is 5.11. The summed E-state index contributed by atoms with van der Waals surface area (Å²) in [4.78, 5) is 34.7. The van der Waals surface area contributed by atoms with E-state index in [0.717, 1.165) is 5.56 Å². The Labute approximate surface area is 128 Å². The summed E-state index contributed by atoms with van der Waals surface area (Å²) in [5.41, 5.74) is 6.02. The summed E-state index contributed by atoms with van der Waals surface area (Å²) in [6, 6.07) is 3.82. The summed E-state index contributed by atoms with van der Waals surface area (Å²) in [6.45, 7) is 5.22. The van der Waals surface area contributed by atoms with E-state index in [-0.39, 0.29) is 11.5 Å². The smallest absolute Gasteiger partial charge is 0.339 e. The minimum absolute atomic E-state index is 0.250. The van der Waals surface area contributed by atoms with Crippen LogP contribution in [0.5, 0.6) is 5.75 Å². The maximum atomic E-state index is 12.2. The third-order valence-corrected chi connectivity index (χ3v) is 2.99. The predicted octanol–water partition coefficient (Wildman–Crippen LogP) is 1.38. The Bertz CT molecular complexity index is 583. The van der Waals surface area contributed by atoms with Crippen molar-refractivity contribution in [1.29, 1.82) is 0 Å². The van der Waals surface area contributed by atoms with Crippen molar-refractivity contribution in [3.63, 3.8) is 0 Å². The lowest BCUT2D eigenvalue weighted by Crippen LogP contribution is -2.45. The zero-order chi connectivity index (χ0) is 16.9. The van der Waals surface area contributed by atoms with Crippen molar-refractivity contribution in [2.45, 2.75) is 26.9 Å². The molecule has 22 heavy (non-hydrogen) atoms. The molecule has 0 aliphatic carbocycles. The van der Waals surface area contributed by atoms with Crippen LogP contribution in [0.1, 0.15) is 29.8 Å². The van der Waals surface area contributed by atoms with Crippen LogP contribution in [0.25, 0.3) is 0 Å². The number of hydrogen-bond donors (Lipinski definition) is 2. The lowest BCUT2D eigenvalue weighted by atomic mass is 10.1. The molecule has 0 aromatic heterocycles. The molecule has 0 saturated carbocycles. The van der Waals surface area contributed by atoms with Crippen molar-refractivity contribution in [1.82, 2.24) is 5.32 Å². The molecule has 7 nitrogen and oxygen atoms in total. The van der Waals surface area contributed by atoms with Crippen LogP contribution in [0, 0.1) is 12.8 Å². The molecular weight excluding hydrogens is 288 g/mol. The van der Waals surface area contributed by atoms with Gasteiger partial charge >= 0.3 is 12.0 Å². The zero-order valence-electron chi connectivity index (χ0n) is 13.0. The first-order valence-electron chi connectivity index (χ1n) is 6.72. The molecule has 3 N–H and O–H groups in total. The molecule has 0 aliphatic rings. The minimum Gasteiger partial charge on any atom is -0.496 e. The maximum absolute atomic E-state index is 12.2. The molecule has 1 rings (SSSR count). The van der Waals surface area contributed by atoms with Crippen LogP contribution in [0.15, 0.2) is 18.2 Å². The molecule has 0 unspecified atom stereocenters. The van der Waals surface area contributed by atoms with Gasteiger partial charge in [-0.05, 0) is 30.5 Å². The first-order valence-corrected chi connectivity index (χ1v) is 6.72. The van der Waals surface area contributed by atoms with Crippen LogP contribution < -0.4 is 15.8 Å². The van der Waals surface area contributed by atoms with E-state index in [4.69, 9.17) is 15.2 Å². The van der Waals surface area contributed by atoms with E-state index in [1.54, 1.807) is 26.0 Å². The number of primary amides is 1. The minimum atomic E-state index is -1.12. The average Bonchev–Trinajstić information content (AvgIpc) is 2.43. The third kappa shape index (κ3) is 4.47. The largest absolute Gasteiger partial charge is 0.496 e. The van der Waals surface area contributed by atoms with E-state index in [1.807, 2.05) is 12.2 Å². The number of hydrogen-bond acceptors (Lipinski definition) is 5. The Morgan fingerprint density at radius 3 is 2.36 bits per heavy atom. The molecule has 0 radical (unpaired) electrons. The van der Waals surface area contributed by atoms with E-state index in [2.05, 4.69) is 0 Å². The Balaban J connectivity index is 2.92. The third-order valence-electron chi connectivity index (χ3n) is 2.99. The van der Waals surface area contributed by atoms with Gasteiger partial charge in [-0.2, -0.15) is 0 Å². The number of carbonyl (C=O) groups excluding carboxylic acids is 3. The Morgan fingerprint density at radius 1 is 1.23 bits per heavy atom. The van der Waals surface area contributed by atoms with E-state index in [0.29, 0.717) is 5.75 Å². The fourth-order valence-corrected chi connectivity index (χ4v) is 1.82. The van der Waals surface area contributed by atoms with Gasteiger partial charge in [0.2, 0.25) is 0 Å². The topological polar surface area (TPSA) is 108 Å². The predicted molar refractivity (Wildman–Crippen MR) is 79.5 cm³/mol. The second-order valence-corrected chi connectivity index (χ2v) is 5.11. The number of methoxy groups -OCH3 is 1. The highest BCUT2D eigenvalue weighted by atomic mass is 16.5. The van der Waals surface area contributed by atoms with Gasteiger partial charge < -0.3 is 15.2 Å². The number of aryl methyl sites for hydroxylation is 1. The van der Waals surface area contributed by atoms with Crippen molar-refractivity contribution in [3.05, 3.63) is 29.3 Å². The average molecular weight is 308 g/mol. The molecule has 0 heterocycles. The summed E-state index contributed by atoms with van der Waals surface area (Å²) >= 11 is 0. The van der Waals surface area contributed by atoms with Gasteiger partial charge in [-0.25, -0.2) is 9.59 Å². The summed E-state index contributed by atoms with van der Waals surface area (Å²) in [5, 5.41) is 1.91. The summed E-state index contributed by atoms with van der Waals surface area (Å²) < 4.78 is 10.3. The first-order chi connectivity index (χ1) is 10.3. The van der Waals surface area contributed by atoms with Crippen molar-refractivity contribution < 1.29 is 23.9 Å². The van der Waals surface area contributed by atoms with Crippen molar-refractivity contribution in [2.75, 3.05) is 7.11 Å². The van der Waals surface area contributed by atoms with E-state index < -0.39 is 24.0 Å². The molecule has 3 amide bonds. The molecule has 0 fully saturated rings. The normalized spacial score (nSPS) is 11.7. The second kappa shape index (κ2) is 7.44. The molecule has 1 aromatic rings. The van der Waals surface area contributed by atoms with Crippen LogP contribution in [0.4, 0.5) is 4.79 Å². The van der Waals surface area contributed by atoms with Gasteiger partial charge in [-0.15, -0.1) is 0 Å². The highest BCUT2D eigenvalue weighted by Gasteiger charge is 2.28. The van der Waals surface area contributed by atoms with E-state index in [9.17, 15) is 14.4 Å². The van der Waals surface area contributed by atoms with E-state index in [1.165, 1.54) is 13.2 Å². The Morgan fingerprint density at radius 2 is 1.86 bits per heavy atom. The van der Waals surface area contributed by atoms with Crippen LogP contribution in [-0.4, -0.2) is 31.1 Å². The molecule has 1 atom stereocenters. The number of urea groups is 1. The molecular formula is C15H20N2O5. The summed E-state index contributed by atoms with van der Waals surface area (Å²) in [5.74, 6) is -1.22. The molecule has 7 heteroatoms. The van der Waals surface area contributed by atoms with Crippen LogP contribution >= 0.6 is 0 Å². The number of nitrogens with one attached hydrogen (secondary N) is 1. The Hall–Kier alpha value is -2.57. The number of ether oxygens (including phenoxy) is 2. The van der Waals surface area contributed by atoms with Gasteiger partial charge in [0.25, 0.3) is 5.91 Å². The molecule has 0 saturated heterocycles. The lowest BCUT2D eigenvalue weighted by molar-refractivity contribution is -0.130. The van der Waals surface area contributed by atoms with Gasteiger partial charge in [0.15, 0.2) is 6.10 Å². The van der Waals surface area contributed by atoms with Crippen molar-refractivity contribution in [3.8, 4) is 5.75 Å². The monoisotopic (exact) mass is 308 g/mol. The van der Waals surface area contributed by atoms with Crippen LogP contribution in [0.2, 0.25) is 0 Å². The fourth-order valence-electron chi connectivity index (χ4n) is 1.82. The molecule has 1 aromatic carbocycles.